The first-order valence-corrected chi connectivity index (χ1v) is 20.6. The van der Waals surface area contributed by atoms with Crippen LogP contribution in [0.25, 0.3) is 38.4 Å². The van der Waals surface area contributed by atoms with Gasteiger partial charge in [0, 0.05) is 61.1 Å². The topological polar surface area (TPSA) is 212 Å². The minimum atomic E-state index is -0.674. The highest BCUT2D eigenvalue weighted by Gasteiger charge is 2.29. The number of hydrogen-bond acceptors (Lipinski definition) is 10. The van der Waals surface area contributed by atoms with Crippen LogP contribution in [0.5, 0.6) is 0 Å². The SMILES string of the molecule is CCC.COC(=O)NC(C(=O)N1CCCC1)c1ccccc1.COC(=O)NCC(=O)N1CCCC1.O=c1cc(-c2cnc[nH]2)ccn1-c1csc2c(-c3cnc[nH]3)c[nH]c12. The van der Waals surface area contributed by atoms with Crippen LogP contribution in [0.4, 0.5) is 9.59 Å². The number of carbonyl (C=O) groups excluding carboxylic acids is 4. The Hall–Kier alpha value is -6.69. The van der Waals surface area contributed by atoms with E-state index in [0.29, 0.717) is 0 Å². The predicted octanol–water partition coefficient (Wildman–Crippen LogP) is 6.25. The first-order valence-electron chi connectivity index (χ1n) is 19.8. The number of fused-ring (bicyclic) bond motifs is 1. The molecule has 0 spiro atoms. The fraction of sp³-hybridized carbons (Fsp3) is 0.357. The van der Waals surface area contributed by atoms with Crippen LogP contribution in [0.15, 0.2) is 90.1 Å². The number of aromatic amines is 3. The molecule has 0 saturated carbocycles. The van der Waals surface area contributed by atoms with Gasteiger partial charge in [-0.2, -0.15) is 0 Å². The van der Waals surface area contributed by atoms with Crippen molar-refractivity contribution in [1.82, 2.24) is 49.9 Å². The number of nitrogens with zero attached hydrogens (tertiary/aromatic N) is 5. The Bertz CT molecular complexity index is 2310. The summed E-state index contributed by atoms with van der Waals surface area (Å²) in [5.74, 6) is -0.114. The Morgan fingerprint density at radius 2 is 1.45 bits per heavy atom. The van der Waals surface area contributed by atoms with Crippen LogP contribution < -0.4 is 16.2 Å². The molecule has 17 nitrogen and oxygen atoms in total. The van der Waals surface area contributed by atoms with E-state index < -0.39 is 18.2 Å². The summed E-state index contributed by atoms with van der Waals surface area (Å²) in [6, 6.07) is 12.1. The summed E-state index contributed by atoms with van der Waals surface area (Å²) in [7, 11) is 2.56. The molecule has 7 heterocycles. The van der Waals surface area contributed by atoms with E-state index in [1.807, 2.05) is 48.0 Å². The molecule has 8 rings (SSSR count). The van der Waals surface area contributed by atoms with Crippen LogP contribution in [-0.2, 0) is 19.1 Å². The first-order chi connectivity index (χ1) is 29.2. The maximum Gasteiger partial charge on any atom is 0.407 e. The lowest BCUT2D eigenvalue weighted by atomic mass is 10.1. The standard InChI is InChI=1S/C17H12N6OS.C14H18N2O3.C8H14N2O3.C3H8/c24-15-3-10(12-5-18-8-21-12)1-2-23(15)14-7-25-17-11(4-20-16(14)17)13-6-19-9-22-13;1-19-14(18)15-12(11-7-3-2-4-8-11)13(17)16-9-5-6-10-16;1-13-8(12)9-6-7(11)10-4-2-3-5-10;1-3-2/h1-9,20H,(H,18,21)(H,19,22);2-4,7-8,12H,5-6,9-10H2,1H3,(H,15,18);2-6H2,1H3,(H,9,12);3H2,1-2H3. The molecule has 0 bridgehead atoms. The number of pyridine rings is 1. The summed E-state index contributed by atoms with van der Waals surface area (Å²) in [4.78, 5) is 79.4. The van der Waals surface area contributed by atoms with E-state index in [2.05, 4.69) is 58.9 Å². The number of H-pyrrole nitrogens is 3. The monoisotopic (exact) mass is 840 g/mol. The lowest BCUT2D eigenvalue weighted by Gasteiger charge is -2.23. The normalized spacial score (nSPS) is 13.5. The van der Waals surface area contributed by atoms with Crippen molar-refractivity contribution < 1.29 is 28.7 Å². The van der Waals surface area contributed by atoms with Gasteiger partial charge in [-0.3, -0.25) is 19.0 Å². The number of imidazole rings is 2. The van der Waals surface area contributed by atoms with Gasteiger partial charge in [0.1, 0.15) is 12.6 Å². The van der Waals surface area contributed by atoms with Gasteiger partial charge in [-0.25, -0.2) is 19.6 Å². The molecule has 18 heteroatoms. The van der Waals surface area contributed by atoms with Gasteiger partial charge in [0.15, 0.2) is 0 Å². The third-order valence-corrected chi connectivity index (χ3v) is 10.4. The Balaban J connectivity index is 0.000000174. The number of benzene rings is 1. The summed E-state index contributed by atoms with van der Waals surface area (Å²) in [5.41, 5.74) is 6.08. The zero-order valence-corrected chi connectivity index (χ0v) is 35.0. The van der Waals surface area contributed by atoms with Gasteiger partial charge < -0.3 is 44.9 Å². The average Bonchev–Trinajstić information content (AvgIpc) is 4.13. The third kappa shape index (κ3) is 11.7. The molecular weight excluding hydrogens is 789 g/mol. The molecule has 1 atom stereocenters. The van der Waals surface area contributed by atoms with Crippen LogP contribution >= 0.6 is 11.3 Å². The quantitative estimate of drug-likeness (QED) is 0.117. The van der Waals surface area contributed by atoms with E-state index in [4.69, 9.17) is 0 Å². The lowest BCUT2D eigenvalue weighted by molar-refractivity contribution is -0.132. The molecule has 1 unspecified atom stereocenters. The molecule has 1 aromatic carbocycles. The lowest BCUT2D eigenvalue weighted by Crippen LogP contribution is -2.41. The van der Waals surface area contributed by atoms with E-state index >= 15 is 0 Å². The number of likely N-dealkylation sites (tertiary alicyclic amines) is 2. The number of alkyl carbamates (subject to hydrolysis) is 2. The maximum absolute atomic E-state index is 12.6. The van der Waals surface area contributed by atoms with Crippen molar-refractivity contribution in [3.8, 4) is 28.2 Å². The highest BCUT2D eigenvalue weighted by atomic mass is 32.1. The number of nitrogens with one attached hydrogen (secondary N) is 5. The molecule has 5 N–H and O–H groups in total. The molecule has 318 valence electrons. The summed E-state index contributed by atoms with van der Waals surface area (Å²) in [5, 5.41) is 6.95. The van der Waals surface area contributed by atoms with Crippen LogP contribution in [0.2, 0.25) is 0 Å². The first kappa shape index (κ1) is 44.4. The molecule has 5 aromatic heterocycles. The second kappa shape index (κ2) is 22.5. The van der Waals surface area contributed by atoms with E-state index in [-0.39, 0.29) is 23.9 Å². The van der Waals surface area contributed by atoms with Crippen molar-refractivity contribution in [2.45, 2.75) is 52.0 Å². The fourth-order valence-electron chi connectivity index (χ4n) is 6.46. The molecular formula is C42H52N10O7S. The molecule has 4 amide bonds. The molecule has 2 fully saturated rings. The largest absolute Gasteiger partial charge is 0.453 e. The van der Waals surface area contributed by atoms with Gasteiger partial charge in [-0.15, -0.1) is 11.3 Å². The van der Waals surface area contributed by atoms with Crippen LogP contribution in [0, 0.1) is 0 Å². The van der Waals surface area contributed by atoms with Crippen molar-refractivity contribution in [3.05, 3.63) is 101 Å². The van der Waals surface area contributed by atoms with E-state index in [1.54, 1.807) is 63.0 Å². The van der Waals surface area contributed by atoms with Crippen molar-refractivity contribution in [2.75, 3.05) is 46.9 Å². The Morgan fingerprint density at radius 1 is 0.833 bits per heavy atom. The molecule has 6 aromatic rings. The van der Waals surface area contributed by atoms with Crippen LogP contribution in [0.3, 0.4) is 0 Å². The maximum atomic E-state index is 12.6. The molecule has 0 radical (unpaired) electrons. The number of thiophene rings is 1. The molecule has 60 heavy (non-hydrogen) atoms. The van der Waals surface area contributed by atoms with Gasteiger partial charge >= 0.3 is 12.2 Å². The number of ether oxygens (including phenoxy) is 2. The zero-order chi connectivity index (χ0) is 42.9. The van der Waals surface area contributed by atoms with Gasteiger partial charge in [-0.1, -0.05) is 50.6 Å². The van der Waals surface area contributed by atoms with E-state index in [0.717, 1.165) is 95.8 Å². The minimum absolute atomic E-state index is 0.0344. The van der Waals surface area contributed by atoms with Gasteiger partial charge in [0.05, 0.1) is 66.6 Å². The van der Waals surface area contributed by atoms with Gasteiger partial charge in [0.25, 0.3) is 5.56 Å². The summed E-state index contributed by atoms with van der Waals surface area (Å²) in [6.45, 7) is 7.41. The minimum Gasteiger partial charge on any atom is -0.453 e. The summed E-state index contributed by atoms with van der Waals surface area (Å²) >= 11 is 1.60. The highest BCUT2D eigenvalue weighted by Crippen LogP contribution is 2.35. The van der Waals surface area contributed by atoms with E-state index in [1.165, 1.54) is 20.6 Å². The Morgan fingerprint density at radius 3 is 2.03 bits per heavy atom. The second-order valence-electron chi connectivity index (χ2n) is 13.7. The van der Waals surface area contributed by atoms with E-state index in [9.17, 15) is 24.0 Å². The average molecular weight is 841 g/mol. The number of carbonyl (C=O) groups is 4. The second-order valence-corrected chi connectivity index (χ2v) is 14.6. The fourth-order valence-corrected chi connectivity index (χ4v) is 7.50. The zero-order valence-electron chi connectivity index (χ0n) is 34.2. The Kier molecular flexibility index (Phi) is 16.6. The third-order valence-electron chi connectivity index (χ3n) is 9.43. The van der Waals surface area contributed by atoms with Crippen molar-refractivity contribution in [2.24, 2.45) is 0 Å². The molecule has 2 aliphatic heterocycles. The summed E-state index contributed by atoms with van der Waals surface area (Å²) in [6.07, 6.45) is 14.7. The predicted molar refractivity (Wildman–Crippen MR) is 230 cm³/mol. The van der Waals surface area contributed by atoms with Gasteiger partial charge in [-0.05, 0) is 37.3 Å². The number of hydrogen-bond donors (Lipinski definition) is 5. The highest BCUT2D eigenvalue weighted by molar-refractivity contribution is 7.18. The van der Waals surface area contributed by atoms with Crippen molar-refractivity contribution >= 4 is 45.6 Å². The number of amides is 4. The molecule has 2 saturated heterocycles. The smallest absolute Gasteiger partial charge is 0.407 e. The number of methoxy groups -OCH3 is 2. The molecule has 0 aliphatic carbocycles. The molecule has 2 aliphatic rings. The Labute approximate surface area is 351 Å². The number of rotatable bonds is 8. The van der Waals surface area contributed by atoms with Crippen molar-refractivity contribution in [1.29, 1.82) is 0 Å². The number of aromatic nitrogens is 6. The van der Waals surface area contributed by atoms with Crippen LogP contribution in [-0.4, -0.2) is 110 Å². The van der Waals surface area contributed by atoms with Crippen molar-refractivity contribution in [3.63, 3.8) is 0 Å². The summed E-state index contributed by atoms with van der Waals surface area (Å²) < 4.78 is 11.7. The van der Waals surface area contributed by atoms with Gasteiger partial charge in [0.2, 0.25) is 11.8 Å². The van der Waals surface area contributed by atoms with Crippen LogP contribution in [0.1, 0.15) is 57.6 Å².